The van der Waals surface area contributed by atoms with Crippen molar-refractivity contribution in [1.29, 1.82) is 0 Å². The van der Waals surface area contributed by atoms with Crippen LogP contribution in [0.25, 0.3) is 0 Å². The molecule has 1 aliphatic rings. The maximum atomic E-state index is 9.33. The van der Waals surface area contributed by atoms with Crippen LogP contribution in [0.3, 0.4) is 0 Å². The fraction of sp³-hybridized carbons (Fsp3) is 0.812. The first-order valence-corrected chi connectivity index (χ1v) is 8.79. The van der Waals surface area contributed by atoms with E-state index in [1.165, 1.54) is 37.1 Å². The fourth-order valence-corrected chi connectivity index (χ4v) is 4.01. The summed E-state index contributed by atoms with van der Waals surface area (Å²) in [5.41, 5.74) is 1.48. The van der Waals surface area contributed by atoms with Gasteiger partial charge in [0, 0.05) is 31.0 Å². The number of rotatable bonds is 7. The van der Waals surface area contributed by atoms with E-state index in [-0.39, 0.29) is 0 Å². The number of nitrogens with zero attached hydrogens (tertiary/aromatic N) is 1. The summed E-state index contributed by atoms with van der Waals surface area (Å²) in [5, 5.41) is 16.3. The second-order valence-corrected chi connectivity index (χ2v) is 7.36. The minimum Gasteiger partial charge on any atom is -0.396 e. The Labute approximate surface area is 126 Å². The van der Waals surface area contributed by atoms with Gasteiger partial charge in [0.1, 0.15) is 0 Å². The molecule has 1 fully saturated rings. The highest BCUT2D eigenvalue weighted by atomic mass is 32.1. The molecule has 2 N–H and O–H groups in total. The number of hydrogen-bond donors (Lipinski definition) is 2. The highest BCUT2D eigenvalue weighted by Crippen LogP contribution is 2.38. The molecule has 1 aliphatic carbocycles. The molecule has 0 aromatic carbocycles. The van der Waals surface area contributed by atoms with Crippen molar-refractivity contribution < 1.29 is 5.11 Å². The molecular formula is C16H28N2OS. The van der Waals surface area contributed by atoms with Gasteiger partial charge in [-0.2, -0.15) is 0 Å². The molecule has 0 saturated heterocycles. The molecule has 1 aromatic rings. The van der Waals surface area contributed by atoms with Crippen molar-refractivity contribution in [2.45, 2.75) is 64.8 Å². The third-order valence-electron chi connectivity index (χ3n) is 4.43. The van der Waals surface area contributed by atoms with Gasteiger partial charge >= 0.3 is 0 Å². The van der Waals surface area contributed by atoms with E-state index in [1.54, 1.807) is 11.3 Å². The average molecular weight is 296 g/mol. The molecule has 0 aliphatic heterocycles. The molecule has 0 bridgehead atoms. The van der Waals surface area contributed by atoms with Crippen molar-refractivity contribution in [3.8, 4) is 0 Å². The lowest BCUT2D eigenvalue weighted by Gasteiger charge is -2.37. The summed E-state index contributed by atoms with van der Waals surface area (Å²) in [4.78, 5) is 4.67. The molecule has 0 amide bonds. The summed E-state index contributed by atoms with van der Waals surface area (Å²) in [5.74, 6) is 0.521. The molecule has 0 radical (unpaired) electrons. The van der Waals surface area contributed by atoms with Crippen LogP contribution in [0.4, 0.5) is 0 Å². The second-order valence-electron chi connectivity index (χ2n) is 6.47. The van der Waals surface area contributed by atoms with Crippen LogP contribution in [-0.2, 0) is 6.54 Å². The quantitative estimate of drug-likeness (QED) is 0.806. The fourth-order valence-electron chi connectivity index (χ4n) is 3.18. The van der Waals surface area contributed by atoms with Crippen LogP contribution in [0.5, 0.6) is 0 Å². The van der Waals surface area contributed by atoms with Crippen molar-refractivity contribution in [3.05, 3.63) is 16.1 Å². The Morgan fingerprint density at radius 1 is 1.35 bits per heavy atom. The molecule has 0 spiro atoms. The van der Waals surface area contributed by atoms with Gasteiger partial charge < -0.3 is 10.4 Å². The van der Waals surface area contributed by atoms with Crippen molar-refractivity contribution in [1.82, 2.24) is 10.3 Å². The number of thiazole rings is 1. The molecule has 1 aromatic heterocycles. The lowest BCUT2D eigenvalue weighted by atomic mass is 9.72. The molecular weight excluding hydrogens is 268 g/mol. The van der Waals surface area contributed by atoms with Gasteiger partial charge in [-0.1, -0.05) is 33.1 Å². The molecule has 114 valence electrons. The maximum Gasteiger partial charge on any atom is 0.0954 e. The summed E-state index contributed by atoms with van der Waals surface area (Å²) in [6, 6.07) is 0. The molecule has 4 heteroatoms. The van der Waals surface area contributed by atoms with Crippen LogP contribution in [0, 0.1) is 5.41 Å². The van der Waals surface area contributed by atoms with Crippen LogP contribution in [0.15, 0.2) is 5.38 Å². The number of hydrogen-bond acceptors (Lipinski definition) is 4. The summed E-state index contributed by atoms with van der Waals surface area (Å²) >= 11 is 1.76. The molecule has 2 rings (SSSR count). The normalized spacial score (nSPS) is 18.6. The summed E-state index contributed by atoms with van der Waals surface area (Å²) < 4.78 is 0. The van der Waals surface area contributed by atoms with Gasteiger partial charge in [-0.05, 0) is 24.7 Å². The Balaban J connectivity index is 1.83. The molecule has 1 saturated carbocycles. The van der Waals surface area contributed by atoms with Crippen LogP contribution < -0.4 is 5.32 Å². The van der Waals surface area contributed by atoms with E-state index in [0.29, 0.717) is 17.9 Å². The third-order valence-corrected chi connectivity index (χ3v) is 5.62. The Bertz CT molecular complexity index is 391. The molecule has 1 heterocycles. The van der Waals surface area contributed by atoms with Crippen LogP contribution in [0.1, 0.15) is 69.0 Å². The molecule has 3 nitrogen and oxygen atoms in total. The summed E-state index contributed by atoms with van der Waals surface area (Å²) in [6.07, 6.45) is 7.45. The Morgan fingerprint density at radius 3 is 2.70 bits per heavy atom. The number of aromatic nitrogens is 1. The van der Waals surface area contributed by atoms with Crippen molar-refractivity contribution in [2.24, 2.45) is 5.41 Å². The smallest absolute Gasteiger partial charge is 0.0954 e. The van der Waals surface area contributed by atoms with Gasteiger partial charge in [-0.15, -0.1) is 11.3 Å². The zero-order chi connectivity index (χ0) is 14.4. The van der Waals surface area contributed by atoms with E-state index in [1.807, 2.05) is 0 Å². The van der Waals surface area contributed by atoms with Crippen molar-refractivity contribution in [2.75, 3.05) is 13.2 Å². The minimum atomic E-state index is 0.315. The predicted octanol–water partition coefficient (Wildman–Crippen LogP) is 3.69. The molecule has 0 atom stereocenters. The Hall–Kier alpha value is -0.450. The van der Waals surface area contributed by atoms with Crippen LogP contribution in [-0.4, -0.2) is 23.2 Å². The lowest BCUT2D eigenvalue weighted by molar-refractivity contribution is 0.126. The van der Waals surface area contributed by atoms with Gasteiger partial charge in [0.2, 0.25) is 0 Å². The number of nitrogens with one attached hydrogen (secondary N) is 1. The first-order chi connectivity index (χ1) is 9.65. The van der Waals surface area contributed by atoms with E-state index < -0.39 is 0 Å². The third kappa shape index (κ3) is 4.27. The SMILES string of the molecule is CC(C)c1nc(CNCC2(CCO)CCCCC2)cs1. The maximum absolute atomic E-state index is 9.33. The summed E-state index contributed by atoms with van der Waals surface area (Å²) in [6.45, 7) is 6.57. The first kappa shape index (κ1) is 15.9. The zero-order valence-electron chi connectivity index (χ0n) is 12.8. The Morgan fingerprint density at radius 2 is 2.10 bits per heavy atom. The molecule has 0 unspecified atom stereocenters. The number of aliphatic hydroxyl groups is 1. The van der Waals surface area contributed by atoms with Crippen LogP contribution >= 0.6 is 11.3 Å². The van der Waals surface area contributed by atoms with Gasteiger partial charge in [-0.3, -0.25) is 0 Å². The standard InChI is InChI=1S/C16H28N2OS/c1-13(2)15-18-14(11-20-15)10-17-12-16(8-9-19)6-4-3-5-7-16/h11,13,17,19H,3-10,12H2,1-2H3. The zero-order valence-corrected chi connectivity index (χ0v) is 13.6. The van der Waals surface area contributed by atoms with E-state index in [2.05, 4.69) is 29.5 Å². The highest BCUT2D eigenvalue weighted by molar-refractivity contribution is 7.09. The van der Waals surface area contributed by atoms with Crippen LogP contribution in [0.2, 0.25) is 0 Å². The van der Waals surface area contributed by atoms with E-state index in [0.717, 1.165) is 25.2 Å². The topological polar surface area (TPSA) is 45.2 Å². The van der Waals surface area contributed by atoms with Crippen molar-refractivity contribution >= 4 is 11.3 Å². The van der Waals surface area contributed by atoms with Gasteiger partial charge in [0.15, 0.2) is 0 Å². The monoisotopic (exact) mass is 296 g/mol. The van der Waals surface area contributed by atoms with E-state index >= 15 is 0 Å². The lowest BCUT2D eigenvalue weighted by Crippen LogP contribution is -2.36. The average Bonchev–Trinajstić information content (AvgIpc) is 2.89. The predicted molar refractivity (Wildman–Crippen MR) is 85.1 cm³/mol. The first-order valence-electron chi connectivity index (χ1n) is 7.91. The second kappa shape index (κ2) is 7.53. The van der Waals surface area contributed by atoms with E-state index in [9.17, 15) is 5.11 Å². The minimum absolute atomic E-state index is 0.315. The Kier molecular flexibility index (Phi) is 6.00. The van der Waals surface area contributed by atoms with E-state index in [4.69, 9.17) is 0 Å². The van der Waals surface area contributed by atoms with Crippen molar-refractivity contribution in [3.63, 3.8) is 0 Å². The number of aliphatic hydroxyl groups excluding tert-OH is 1. The summed E-state index contributed by atoms with van der Waals surface area (Å²) in [7, 11) is 0. The largest absolute Gasteiger partial charge is 0.396 e. The van der Waals surface area contributed by atoms with Gasteiger partial charge in [-0.25, -0.2) is 4.98 Å². The van der Waals surface area contributed by atoms with Gasteiger partial charge in [0.25, 0.3) is 0 Å². The van der Waals surface area contributed by atoms with Gasteiger partial charge in [0.05, 0.1) is 10.7 Å². The molecule has 20 heavy (non-hydrogen) atoms. The highest BCUT2D eigenvalue weighted by Gasteiger charge is 2.30.